The number of carbonyl (C=O) groups is 1. The van der Waals surface area contributed by atoms with E-state index in [0.717, 1.165) is 37.1 Å². The van der Waals surface area contributed by atoms with Gasteiger partial charge < -0.3 is 4.57 Å². The van der Waals surface area contributed by atoms with Crippen LogP contribution in [0.4, 0.5) is 0 Å². The summed E-state index contributed by atoms with van der Waals surface area (Å²) >= 11 is 0. The van der Waals surface area contributed by atoms with Crippen molar-refractivity contribution in [3.05, 3.63) is 53.6 Å². The molecule has 1 heterocycles. The Kier molecular flexibility index (Phi) is 5.10. The number of ketones is 1. The summed E-state index contributed by atoms with van der Waals surface area (Å²) in [6.07, 6.45) is 7.79. The summed E-state index contributed by atoms with van der Waals surface area (Å²) in [6, 6.07) is 7.97. The number of nitrogens with zero attached hydrogens (tertiary/aromatic N) is 2. The molecule has 2 rings (SSSR count). The van der Waals surface area contributed by atoms with Gasteiger partial charge in [-0.2, -0.15) is 0 Å². The van der Waals surface area contributed by atoms with Crippen molar-refractivity contribution in [3.63, 3.8) is 0 Å². The van der Waals surface area contributed by atoms with Crippen LogP contribution in [0.1, 0.15) is 48.4 Å². The molecule has 0 aliphatic carbocycles. The van der Waals surface area contributed by atoms with Gasteiger partial charge in [0.1, 0.15) is 5.82 Å². The summed E-state index contributed by atoms with van der Waals surface area (Å²) in [5.74, 6) is 1.13. The van der Waals surface area contributed by atoms with Crippen molar-refractivity contribution in [2.45, 2.75) is 46.1 Å². The maximum Gasteiger partial charge on any atom is 0.182 e. The van der Waals surface area contributed by atoms with Gasteiger partial charge in [0.15, 0.2) is 5.78 Å². The SMILES string of the molecule is CCCc1ccc(C(=O)Cn2ccnc2CCC)cc1. The normalized spacial score (nSPS) is 10.7. The Labute approximate surface area is 120 Å². The molecule has 0 N–H and O–H groups in total. The van der Waals surface area contributed by atoms with Gasteiger partial charge in [-0.25, -0.2) is 4.98 Å². The standard InChI is InChI=1S/C17H22N2O/c1-3-5-14-7-9-15(10-8-14)16(20)13-19-12-11-18-17(19)6-4-2/h7-12H,3-6,13H2,1-2H3. The van der Waals surface area contributed by atoms with Crippen molar-refractivity contribution in [3.8, 4) is 0 Å². The molecule has 0 atom stereocenters. The lowest BCUT2D eigenvalue weighted by molar-refractivity contribution is 0.0971. The van der Waals surface area contributed by atoms with Gasteiger partial charge in [-0.3, -0.25) is 4.79 Å². The topological polar surface area (TPSA) is 34.9 Å². The monoisotopic (exact) mass is 270 g/mol. The molecule has 3 nitrogen and oxygen atoms in total. The molecule has 3 heteroatoms. The summed E-state index contributed by atoms with van der Waals surface area (Å²) in [7, 11) is 0. The number of hydrogen-bond donors (Lipinski definition) is 0. The van der Waals surface area contributed by atoms with Crippen LogP contribution in [0.5, 0.6) is 0 Å². The number of imidazole rings is 1. The maximum atomic E-state index is 12.3. The first-order valence-electron chi connectivity index (χ1n) is 7.36. The molecule has 0 aliphatic heterocycles. The average Bonchev–Trinajstić information content (AvgIpc) is 2.88. The quantitative estimate of drug-likeness (QED) is 0.719. The van der Waals surface area contributed by atoms with E-state index in [2.05, 4.69) is 31.0 Å². The van der Waals surface area contributed by atoms with Crippen LogP contribution in [0.3, 0.4) is 0 Å². The average molecular weight is 270 g/mol. The number of hydrogen-bond acceptors (Lipinski definition) is 2. The number of carbonyl (C=O) groups excluding carboxylic acids is 1. The Balaban J connectivity index is 2.05. The molecule has 0 bridgehead atoms. The highest BCUT2D eigenvalue weighted by Gasteiger charge is 2.09. The minimum absolute atomic E-state index is 0.142. The fourth-order valence-electron chi connectivity index (χ4n) is 2.33. The first kappa shape index (κ1) is 14.5. The smallest absolute Gasteiger partial charge is 0.182 e. The Hall–Kier alpha value is -1.90. The fraction of sp³-hybridized carbons (Fsp3) is 0.412. The van der Waals surface area contributed by atoms with Gasteiger partial charge >= 0.3 is 0 Å². The van der Waals surface area contributed by atoms with E-state index in [9.17, 15) is 4.79 Å². The third-order valence-corrected chi connectivity index (χ3v) is 3.40. The molecule has 2 aromatic rings. The van der Waals surface area contributed by atoms with Crippen LogP contribution in [0, 0.1) is 0 Å². The van der Waals surface area contributed by atoms with Gasteiger partial charge in [-0.05, 0) is 18.4 Å². The number of rotatable bonds is 7. The third-order valence-electron chi connectivity index (χ3n) is 3.40. The van der Waals surface area contributed by atoms with Crippen LogP contribution in [0.25, 0.3) is 0 Å². The second-order valence-electron chi connectivity index (χ2n) is 5.09. The van der Waals surface area contributed by atoms with Crippen LogP contribution in [0.2, 0.25) is 0 Å². The minimum Gasteiger partial charge on any atom is -0.327 e. The van der Waals surface area contributed by atoms with Gasteiger partial charge in [-0.1, -0.05) is 44.5 Å². The second-order valence-corrected chi connectivity index (χ2v) is 5.09. The Morgan fingerprint density at radius 3 is 2.45 bits per heavy atom. The largest absolute Gasteiger partial charge is 0.327 e. The van der Waals surface area contributed by atoms with Crippen molar-refractivity contribution in [2.24, 2.45) is 0 Å². The molecule has 0 unspecified atom stereocenters. The van der Waals surface area contributed by atoms with Crippen LogP contribution < -0.4 is 0 Å². The van der Waals surface area contributed by atoms with E-state index in [1.165, 1.54) is 5.56 Å². The molecule has 0 aliphatic rings. The Morgan fingerprint density at radius 1 is 1.10 bits per heavy atom. The van der Waals surface area contributed by atoms with Crippen LogP contribution in [-0.4, -0.2) is 15.3 Å². The van der Waals surface area contributed by atoms with Crippen molar-refractivity contribution < 1.29 is 4.79 Å². The summed E-state index contributed by atoms with van der Waals surface area (Å²) in [4.78, 5) is 16.6. The number of benzene rings is 1. The Bertz CT molecular complexity index is 555. The molecule has 106 valence electrons. The van der Waals surface area contributed by atoms with E-state index in [1.807, 2.05) is 22.9 Å². The van der Waals surface area contributed by atoms with Crippen LogP contribution in [0.15, 0.2) is 36.7 Å². The number of aromatic nitrogens is 2. The third kappa shape index (κ3) is 3.56. The highest BCUT2D eigenvalue weighted by molar-refractivity contribution is 5.95. The molecule has 20 heavy (non-hydrogen) atoms. The molecular formula is C17H22N2O. The number of Topliss-reactive ketones (excluding diaryl/α,β-unsaturated/α-hetero) is 1. The van der Waals surface area contributed by atoms with E-state index < -0.39 is 0 Å². The van der Waals surface area contributed by atoms with Crippen molar-refractivity contribution >= 4 is 5.78 Å². The molecule has 0 saturated heterocycles. The molecule has 0 radical (unpaired) electrons. The van der Waals surface area contributed by atoms with Gasteiger partial charge in [0, 0.05) is 24.4 Å². The first-order valence-corrected chi connectivity index (χ1v) is 7.36. The lowest BCUT2D eigenvalue weighted by Gasteiger charge is -2.07. The highest BCUT2D eigenvalue weighted by Crippen LogP contribution is 2.10. The van der Waals surface area contributed by atoms with Crippen molar-refractivity contribution in [2.75, 3.05) is 0 Å². The lowest BCUT2D eigenvalue weighted by atomic mass is 10.1. The molecular weight excluding hydrogens is 248 g/mol. The van der Waals surface area contributed by atoms with Crippen LogP contribution in [-0.2, 0) is 19.4 Å². The molecule has 0 fully saturated rings. The summed E-state index contributed by atoms with van der Waals surface area (Å²) in [6.45, 7) is 4.66. The fourth-order valence-corrected chi connectivity index (χ4v) is 2.33. The molecule has 0 saturated carbocycles. The highest BCUT2D eigenvalue weighted by atomic mass is 16.1. The maximum absolute atomic E-state index is 12.3. The van der Waals surface area contributed by atoms with E-state index >= 15 is 0 Å². The molecule has 0 amide bonds. The number of aryl methyl sites for hydroxylation is 2. The zero-order valence-corrected chi connectivity index (χ0v) is 12.3. The minimum atomic E-state index is 0.142. The van der Waals surface area contributed by atoms with E-state index in [-0.39, 0.29) is 5.78 Å². The van der Waals surface area contributed by atoms with Gasteiger partial charge in [0.05, 0.1) is 6.54 Å². The van der Waals surface area contributed by atoms with E-state index in [0.29, 0.717) is 6.54 Å². The van der Waals surface area contributed by atoms with Crippen LogP contribution >= 0.6 is 0 Å². The zero-order chi connectivity index (χ0) is 14.4. The van der Waals surface area contributed by atoms with Gasteiger partial charge in [-0.15, -0.1) is 0 Å². The molecule has 0 spiro atoms. The van der Waals surface area contributed by atoms with Crippen molar-refractivity contribution in [1.82, 2.24) is 9.55 Å². The van der Waals surface area contributed by atoms with E-state index in [4.69, 9.17) is 0 Å². The van der Waals surface area contributed by atoms with Crippen molar-refractivity contribution in [1.29, 1.82) is 0 Å². The zero-order valence-electron chi connectivity index (χ0n) is 12.3. The second kappa shape index (κ2) is 7.04. The lowest BCUT2D eigenvalue weighted by Crippen LogP contribution is -2.12. The van der Waals surface area contributed by atoms with E-state index in [1.54, 1.807) is 6.20 Å². The Morgan fingerprint density at radius 2 is 1.80 bits per heavy atom. The predicted octanol–water partition coefficient (Wildman–Crippen LogP) is 3.67. The predicted molar refractivity (Wildman–Crippen MR) is 81.0 cm³/mol. The summed E-state index contributed by atoms with van der Waals surface area (Å²) < 4.78 is 1.95. The summed E-state index contributed by atoms with van der Waals surface area (Å²) in [5, 5.41) is 0. The van der Waals surface area contributed by atoms with Gasteiger partial charge in [0.2, 0.25) is 0 Å². The molecule has 1 aromatic carbocycles. The summed E-state index contributed by atoms with van der Waals surface area (Å²) in [5.41, 5.74) is 2.07. The van der Waals surface area contributed by atoms with Gasteiger partial charge in [0.25, 0.3) is 0 Å². The first-order chi connectivity index (χ1) is 9.74. The molecule has 1 aromatic heterocycles.